The van der Waals surface area contributed by atoms with E-state index in [2.05, 4.69) is 0 Å². The van der Waals surface area contributed by atoms with Crippen LogP contribution in [0.3, 0.4) is 0 Å². The zero-order chi connectivity index (χ0) is 23.7. The molecule has 0 aliphatic rings. The van der Waals surface area contributed by atoms with Gasteiger partial charge in [0.2, 0.25) is 16.9 Å². The van der Waals surface area contributed by atoms with Crippen molar-refractivity contribution >= 4 is 33.5 Å². The predicted octanol–water partition coefficient (Wildman–Crippen LogP) is 3.95. The smallest absolute Gasteiger partial charge is 0.213 e. The van der Waals surface area contributed by atoms with Gasteiger partial charge in [-0.3, -0.25) is 0 Å². The van der Waals surface area contributed by atoms with Gasteiger partial charge in [0.15, 0.2) is 23.3 Å². The third-order valence-electron chi connectivity index (χ3n) is 4.86. The number of carbonyl (C=O) groups excluding carboxylic acids is 1. The Balaban J connectivity index is 0.000000188. The van der Waals surface area contributed by atoms with Crippen LogP contribution in [0.25, 0.3) is 21.8 Å². The molecule has 0 aliphatic heterocycles. The Bertz CT molecular complexity index is 1320. The predicted molar refractivity (Wildman–Crippen MR) is 106 cm³/mol. The zero-order valence-electron chi connectivity index (χ0n) is 16.8. The van der Waals surface area contributed by atoms with Crippen molar-refractivity contribution < 1.29 is 36.4 Å². The number of pyridine rings is 1. The number of nitrogens with one attached hydrogen (secondary N) is 1. The first-order valence-electron chi connectivity index (χ1n) is 9.15. The van der Waals surface area contributed by atoms with Crippen molar-refractivity contribution in [3.63, 3.8) is 0 Å². The summed E-state index contributed by atoms with van der Waals surface area (Å²) in [6.45, 7) is 0.929. The first-order valence-corrected chi connectivity index (χ1v) is 9.15. The summed E-state index contributed by atoms with van der Waals surface area (Å²) in [4.78, 5) is 11.4. The number of para-hydroxylation sites is 2. The highest BCUT2D eigenvalue weighted by atomic mass is 19.2. The third-order valence-corrected chi connectivity index (χ3v) is 4.86. The van der Waals surface area contributed by atoms with Crippen LogP contribution in [0.1, 0.15) is 22.8 Å². The number of aromatic carboxylic acids is 1. The number of aromatic nitrogens is 1. The van der Waals surface area contributed by atoms with Crippen LogP contribution in [0.15, 0.2) is 48.5 Å². The summed E-state index contributed by atoms with van der Waals surface area (Å²) >= 11 is 0. The Morgan fingerprint density at radius 2 is 1.12 bits per heavy atom. The molecule has 4 aromatic rings. The lowest BCUT2D eigenvalue weighted by Crippen LogP contribution is -2.33. The molecule has 0 bridgehead atoms. The maximum absolute atomic E-state index is 12.8. The van der Waals surface area contributed by atoms with Gasteiger partial charge >= 0.3 is 0 Å². The van der Waals surface area contributed by atoms with Gasteiger partial charge in [0.1, 0.15) is 7.05 Å². The molecular formula is C23H15F5N2O2. The highest BCUT2D eigenvalue weighted by Gasteiger charge is 2.26. The summed E-state index contributed by atoms with van der Waals surface area (Å²) < 4.78 is 65.1. The van der Waals surface area contributed by atoms with Crippen molar-refractivity contribution in [2.45, 2.75) is 6.92 Å². The van der Waals surface area contributed by atoms with Crippen LogP contribution in [0.4, 0.5) is 22.0 Å². The standard InChI is InChI=1S/C15H11NO2.C8H4F5N/c1-16-12-8-4-2-6-10(12)14(15(17)18)11-7-3-5-9-13(11)16;1-2(14)3-4(9)6(11)8(13)7(12)5(3)10/h2-9H,1H3;14H,1H3. The lowest BCUT2D eigenvalue weighted by molar-refractivity contribution is -0.617. The summed E-state index contributed by atoms with van der Waals surface area (Å²) in [6.07, 6.45) is 0. The van der Waals surface area contributed by atoms with Crippen molar-refractivity contribution in [1.29, 1.82) is 5.41 Å². The molecule has 0 atom stereocenters. The minimum absolute atomic E-state index is 0.263. The fourth-order valence-corrected chi connectivity index (χ4v) is 3.38. The molecule has 1 heterocycles. The minimum atomic E-state index is -2.22. The van der Waals surface area contributed by atoms with E-state index in [0.717, 1.165) is 18.0 Å². The van der Waals surface area contributed by atoms with E-state index in [1.165, 1.54) is 0 Å². The van der Waals surface area contributed by atoms with Crippen LogP contribution in [0.5, 0.6) is 0 Å². The maximum Gasteiger partial charge on any atom is 0.213 e. The molecule has 1 aromatic heterocycles. The van der Waals surface area contributed by atoms with Crippen LogP contribution < -0.4 is 9.67 Å². The summed E-state index contributed by atoms with van der Waals surface area (Å²) in [5.74, 6) is -11.4. The maximum atomic E-state index is 12.8. The van der Waals surface area contributed by atoms with Crippen molar-refractivity contribution in [2.24, 2.45) is 7.05 Å². The monoisotopic (exact) mass is 446 g/mol. The number of hydrogen-bond acceptors (Lipinski definition) is 3. The third kappa shape index (κ3) is 3.77. The van der Waals surface area contributed by atoms with Gasteiger partial charge in [0, 0.05) is 23.4 Å². The fraction of sp³-hybridized carbons (Fsp3) is 0.0870. The van der Waals surface area contributed by atoms with E-state index in [0.29, 0.717) is 10.8 Å². The number of hydrogen-bond donors (Lipinski definition) is 1. The van der Waals surface area contributed by atoms with Crippen molar-refractivity contribution in [1.82, 2.24) is 0 Å². The van der Waals surface area contributed by atoms with Gasteiger partial charge in [0.05, 0.1) is 22.3 Å². The molecule has 4 nitrogen and oxygen atoms in total. The number of fused-ring (bicyclic) bond motifs is 2. The quantitative estimate of drug-likeness (QED) is 0.127. The molecule has 0 saturated carbocycles. The number of rotatable bonds is 2. The summed E-state index contributed by atoms with van der Waals surface area (Å²) in [6, 6.07) is 14.9. The zero-order valence-corrected chi connectivity index (χ0v) is 16.8. The van der Waals surface area contributed by atoms with Crippen LogP contribution in [0.2, 0.25) is 0 Å². The molecule has 3 aromatic carbocycles. The van der Waals surface area contributed by atoms with Gasteiger partial charge < -0.3 is 15.3 Å². The van der Waals surface area contributed by atoms with E-state index in [-0.39, 0.29) is 5.56 Å². The molecule has 0 spiro atoms. The second kappa shape index (κ2) is 8.70. The van der Waals surface area contributed by atoms with E-state index in [4.69, 9.17) is 5.41 Å². The molecule has 9 heteroatoms. The molecule has 4 rings (SSSR count). The molecular weight excluding hydrogens is 431 g/mol. The Hall–Kier alpha value is -3.88. The second-order valence-corrected chi connectivity index (χ2v) is 6.83. The fourth-order valence-electron chi connectivity index (χ4n) is 3.38. The van der Waals surface area contributed by atoms with E-state index in [9.17, 15) is 31.9 Å². The van der Waals surface area contributed by atoms with Crippen LogP contribution in [0, 0.1) is 34.5 Å². The molecule has 0 aliphatic carbocycles. The second-order valence-electron chi connectivity index (χ2n) is 6.83. The van der Waals surface area contributed by atoms with Gasteiger partial charge in [0.25, 0.3) is 0 Å². The van der Waals surface area contributed by atoms with E-state index < -0.39 is 46.3 Å². The van der Waals surface area contributed by atoms with Crippen LogP contribution in [-0.4, -0.2) is 11.7 Å². The Morgan fingerprint density at radius 3 is 1.50 bits per heavy atom. The minimum Gasteiger partial charge on any atom is -0.545 e. The normalized spacial score (nSPS) is 10.7. The molecule has 1 N–H and O–H groups in total. The van der Waals surface area contributed by atoms with Crippen LogP contribution >= 0.6 is 0 Å². The molecule has 0 fully saturated rings. The molecule has 164 valence electrons. The Morgan fingerprint density at radius 1 is 0.750 bits per heavy atom. The number of aryl methyl sites for hydroxylation is 1. The van der Waals surface area contributed by atoms with Gasteiger partial charge in [-0.25, -0.2) is 22.0 Å². The van der Waals surface area contributed by atoms with Crippen molar-refractivity contribution in [2.75, 3.05) is 0 Å². The Labute approximate surface area is 178 Å². The van der Waals surface area contributed by atoms with E-state index in [1.54, 1.807) is 0 Å². The molecule has 32 heavy (non-hydrogen) atoms. The lowest BCUT2D eigenvalue weighted by Gasteiger charge is -2.10. The van der Waals surface area contributed by atoms with E-state index >= 15 is 0 Å². The number of benzene rings is 3. The number of carboxylic acid groups (broad SMARTS) is 1. The number of halogens is 5. The highest BCUT2D eigenvalue weighted by molar-refractivity contribution is 6.11. The first-order chi connectivity index (χ1) is 15.1. The van der Waals surface area contributed by atoms with Gasteiger partial charge in [-0.05, 0) is 19.1 Å². The molecule has 0 saturated heterocycles. The van der Waals surface area contributed by atoms with Gasteiger partial charge in [-0.15, -0.1) is 0 Å². The summed E-state index contributed by atoms with van der Waals surface area (Å²) in [5.41, 5.74) is 0.115. The van der Waals surface area contributed by atoms with Crippen molar-refractivity contribution in [3.05, 3.63) is 88.7 Å². The summed E-state index contributed by atoms with van der Waals surface area (Å²) in [7, 11) is 1.93. The molecule has 0 radical (unpaired) electrons. The lowest BCUT2D eigenvalue weighted by atomic mass is 10.0. The highest BCUT2D eigenvalue weighted by Crippen LogP contribution is 2.24. The molecule has 0 unspecified atom stereocenters. The topological polar surface area (TPSA) is 67.9 Å². The van der Waals surface area contributed by atoms with E-state index in [1.807, 2.05) is 60.1 Å². The number of nitrogens with zero attached hydrogens (tertiary/aromatic N) is 1. The Kier molecular flexibility index (Phi) is 6.20. The summed E-state index contributed by atoms with van der Waals surface area (Å²) in [5, 5.41) is 19.7. The average Bonchev–Trinajstić information content (AvgIpc) is 2.77. The van der Waals surface area contributed by atoms with Gasteiger partial charge in [-0.2, -0.15) is 4.57 Å². The molecule has 0 amide bonds. The van der Waals surface area contributed by atoms with Gasteiger partial charge in [-0.1, -0.05) is 24.3 Å². The van der Waals surface area contributed by atoms with Crippen molar-refractivity contribution in [3.8, 4) is 0 Å². The SMILES string of the molecule is CC(=N)c1c(F)c(F)c(F)c(F)c1F.C[n+]1c2ccccc2c(C(=O)[O-])c2ccccc21. The average molecular weight is 446 g/mol. The largest absolute Gasteiger partial charge is 0.545 e. The first kappa shape index (κ1) is 22.8. The van der Waals surface area contributed by atoms with Crippen LogP contribution in [-0.2, 0) is 7.05 Å². The number of carboxylic acids is 1. The number of carbonyl (C=O) groups is 1.